The van der Waals surface area contributed by atoms with Crippen LogP contribution in [0.25, 0.3) is 0 Å². The number of halogens is 2. The maximum Gasteiger partial charge on any atom is 0.200 e. The van der Waals surface area contributed by atoms with Gasteiger partial charge in [0.25, 0.3) is 0 Å². The largest absolute Gasteiger partial charge is 0.491 e. The van der Waals surface area contributed by atoms with Crippen LogP contribution in [0.4, 0.5) is 8.78 Å². The Morgan fingerprint density at radius 1 is 1.00 bits per heavy atom. The fraction of sp³-hybridized carbons (Fsp3) is 0.727. The predicted octanol–water partition coefficient (Wildman–Crippen LogP) is 6.90. The standard InChI is InChI=1S/C22H36F2OSi/c1-3-5-6-7-8-15-26-16-13-18(14-17-26)9-10-19-11-12-20(25-4-2)22(24)21(19)23/h11-12,18,26H,3-10,13-17H2,1-2H3. The van der Waals surface area contributed by atoms with Gasteiger partial charge in [-0.1, -0.05) is 76.1 Å². The third-order valence-electron chi connectivity index (χ3n) is 5.93. The highest BCUT2D eigenvalue weighted by Crippen LogP contribution is 2.32. The zero-order chi connectivity index (χ0) is 18.8. The molecule has 1 aliphatic heterocycles. The van der Waals surface area contributed by atoms with Crippen molar-refractivity contribution in [3.63, 3.8) is 0 Å². The average molecular weight is 383 g/mol. The van der Waals surface area contributed by atoms with Crippen molar-refractivity contribution in [1.29, 1.82) is 0 Å². The Morgan fingerprint density at radius 2 is 1.73 bits per heavy atom. The van der Waals surface area contributed by atoms with E-state index < -0.39 is 20.4 Å². The van der Waals surface area contributed by atoms with Crippen LogP contribution in [0.3, 0.4) is 0 Å². The molecule has 1 saturated heterocycles. The van der Waals surface area contributed by atoms with Gasteiger partial charge in [0, 0.05) is 8.80 Å². The first-order valence-electron chi connectivity index (χ1n) is 10.7. The molecule has 0 N–H and O–H groups in total. The van der Waals surface area contributed by atoms with Gasteiger partial charge in [0.15, 0.2) is 11.6 Å². The molecule has 0 saturated carbocycles. The van der Waals surface area contributed by atoms with E-state index in [-0.39, 0.29) is 5.75 Å². The van der Waals surface area contributed by atoms with E-state index in [9.17, 15) is 8.78 Å². The second-order valence-electron chi connectivity index (χ2n) is 7.91. The predicted molar refractivity (Wildman–Crippen MR) is 109 cm³/mol. The summed E-state index contributed by atoms with van der Waals surface area (Å²) < 4.78 is 33.3. The van der Waals surface area contributed by atoms with Crippen LogP contribution in [0.1, 0.15) is 70.8 Å². The Morgan fingerprint density at radius 3 is 2.42 bits per heavy atom. The molecule has 4 heteroatoms. The van der Waals surface area contributed by atoms with Crippen molar-refractivity contribution in [1.82, 2.24) is 0 Å². The summed E-state index contributed by atoms with van der Waals surface area (Å²) in [5, 5.41) is 0. The third-order valence-corrected chi connectivity index (χ3v) is 9.46. The summed E-state index contributed by atoms with van der Waals surface area (Å²) in [6.45, 7) is 4.39. The SMILES string of the molecule is CCCCCCC[SiH]1CCC(CCc2ccc(OCC)c(F)c2F)CC1. The van der Waals surface area contributed by atoms with Gasteiger partial charge in [0.2, 0.25) is 5.82 Å². The summed E-state index contributed by atoms with van der Waals surface area (Å²) in [6, 6.07) is 7.70. The Labute approximate surface area is 160 Å². The van der Waals surface area contributed by atoms with Crippen LogP contribution >= 0.6 is 0 Å². The molecule has 0 unspecified atom stereocenters. The van der Waals surface area contributed by atoms with Gasteiger partial charge in [-0.2, -0.15) is 4.39 Å². The molecule has 2 rings (SSSR count). The smallest absolute Gasteiger partial charge is 0.200 e. The van der Waals surface area contributed by atoms with Crippen molar-refractivity contribution in [2.24, 2.45) is 5.92 Å². The molecule has 1 fully saturated rings. The van der Waals surface area contributed by atoms with E-state index in [1.54, 1.807) is 19.1 Å². The zero-order valence-corrected chi connectivity index (χ0v) is 17.8. The number of rotatable bonds is 11. The molecule has 1 aliphatic rings. The first kappa shape index (κ1) is 21.4. The Balaban J connectivity index is 1.69. The molecule has 0 radical (unpaired) electrons. The molecule has 0 aliphatic carbocycles. The minimum absolute atomic E-state index is 0.0270. The van der Waals surface area contributed by atoms with Crippen molar-refractivity contribution in [2.75, 3.05) is 6.61 Å². The summed E-state index contributed by atoms with van der Waals surface area (Å²) in [5.74, 6) is -0.818. The van der Waals surface area contributed by atoms with Gasteiger partial charge < -0.3 is 4.74 Å². The molecule has 1 aromatic rings. The number of hydrogen-bond acceptors (Lipinski definition) is 1. The highest BCUT2D eigenvalue weighted by Gasteiger charge is 2.22. The normalized spacial score (nSPS) is 20.3. The highest BCUT2D eigenvalue weighted by atomic mass is 28.3. The molecule has 1 heterocycles. The maximum atomic E-state index is 14.2. The van der Waals surface area contributed by atoms with Crippen LogP contribution in [0.15, 0.2) is 12.1 Å². The van der Waals surface area contributed by atoms with Gasteiger partial charge in [-0.25, -0.2) is 4.39 Å². The van der Waals surface area contributed by atoms with Crippen LogP contribution in [0.2, 0.25) is 18.1 Å². The molecule has 1 nitrogen and oxygen atoms in total. The summed E-state index contributed by atoms with van der Waals surface area (Å²) >= 11 is 0. The quantitative estimate of drug-likeness (QED) is 0.299. The maximum absolute atomic E-state index is 14.2. The van der Waals surface area contributed by atoms with Crippen LogP contribution < -0.4 is 4.74 Å². The van der Waals surface area contributed by atoms with E-state index in [1.165, 1.54) is 63.1 Å². The topological polar surface area (TPSA) is 9.23 Å². The minimum Gasteiger partial charge on any atom is -0.491 e. The van der Waals surface area contributed by atoms with Gasteiger partial charge in [-0.3, -0.25) is 0 Å². The van der Waals surface area contributed by atoms with Crippen molar-refractivity contribution in [3.8, 4) is 5.75 Å². The zero-order valence-electron chi connectivity index (χ0n) is 16.7. The van der Waals surface area contributed by atoms with Crippen LogP contribution in [-0.4, -0.2) is 15.4 Å². The van der Waals surface area contributed by atoms with Gasteiger partial charge in [-0.05, 0) is 37.3 Å². The first-order chi connectivity index (χ1) is 12.7. The lowest BCUT2D eigenvalue weighted by atomic mass is 9.94. The van der Waals surface area contributed by atoms with Gasteiger partial charge in [0.05, 0.1) is 6.61 Å². The Hall–Kier alpha value is -0.903. The second kappa shape index (κ2) is 11.7. The van der Waals surface area contributed by atoms with Crippen molar-refractivity contribution in [2.45, 2.75) is 89.8 Å². The van der Waals surface area contributed by atoms with Crippen molar-refractivity contribution >= 4 is 8.80 Å². The van der Waals surface area contributed by atoms with Gasteiger partial charge in [-0.15, -0.1) is 0 Å². The van der Waals surface area contributed by atoms with Crippen molar-refractivity contribution < 1.29 is 13.5 Å². The Kier molecular flexibility index (Phi) is 9.66. The number of hydrogen-bond donors (Lipinski definition) is 0. The minimum atomic E-state index is -0.830. The lowest BCUT2D eigenvalue weighted by Crippen LogP contribution is -2.21. The molecule has 1 aromatic carbocycles. The van der Waals surface area contributed by atoms with E-state index in [1.807, 2.05) is 0 Å². The monoisotopic (exact) mass is 382 g/mol. The van der Waals surface area contributed by atoms with E-state index in [2.05, 4.69) is 6.92 Å². The molecule has 0 bridgehead atoms. The van der Waals surface area contributed by atoms with E-state index in [4.69, 9.17) is 4.74 Å². The van der Waals surface area contributed by atoms with Crippen LogP contribution in [0.5, 0.6) is 5.75 Å². The Bertz CT molecular complexity index is 527. The molecule has 0 amide bonds. The molecule has 0 atom stereocenters. The highest BCUT2D eigenvalue weighted by molar-refractivity contribution is 6.58. The number of ether oxygens (including phenoxy) is 1. The molecular formula is C22H36F2OSi. The van der Waals surface area contributed by atoms with Crippen LogP contribution in [0, 0.1) is 17.6 Å². The first-order valence-corrected chi connectivity index (χ1v) is 13.2. The molecule has 26 heavy (non-hydrogen) atoms. The second-order valence-corrected chi connectivity index (χ2v) is 11.4. The van der Waals surface area contributed by atoms with E-state index in [0.717, 1.165) is 6.42 Å². The summed E-state index contributed by atoms with van der Waals surface area (Å²) in [4.78, 5) is 0. The van der Waals surface area contributed by atoms with E-state index >= 15 is 0 Å². The van der Waals surface area contributed by atoms with Gasteiger partial charge >= 0.3 is 0 Å². The molecular weight excluding hydrogens is 346 g/mol. The summed E-state index contributed by atoms with van der Waals surface area (Å²) in [6.07, 6.45) is 11.2. The number of benzene rings is 1. The average Bonchev–Trinajstić information content (AvgIpc) is 2.66. The summed E-state index contributed by atoms with van der Waals surface area (Å²) in [7, 11) is -0.498. The summed E-state index contributed by atoms with van der Waals surface area (Å²) in [5.41, 5.74) is 0.501. The lowest BCUT2D eigenvalue weighted by Gasteiger charge is -2.27. The molecule has 148 valence electrons. The fourth-order valence-corrected chi connectivity index (χ4v) is 7.85. The number of aryl methyl sites for hydroxylation is 1. The van der Waals surface area contributed by atoms with Crippen molar-refractivity contribution in [3.05, 3.63) is 29.3 Å². The van der Waals surface area contributed by atoms with Gasteiger partial charge in [0.1, 0.15) is 0 Å². The molecule has 0 spiro atoms. The lowest BCUT2D eigenvalue weighted by molar-refractivity contribution is 0.313. The molecule has 0 aromatic heterocycles. The van der Waals surface area contributed by atoms with E-state index in [0.29, 0.717) is 24.5 Å². The fourth-order valence-electron chi connectivity index (χ4n) is 4.24. The third kappa shape index (κ3) is 6.68. The van der Waals surface area contributed by atoms with Crippen LogP contribution in [-0.2, 0) is 6.42 Å². The number of unbranched alkanes of at least 4 members (excludes halogenated alkanes) is 4.